The van der Waals surface area contributed by atoms with Gasteiger partial charge >= 0.3 is 0 Å². The highest BCUT2D eigenvalue weighted by atomic mass is 32.2. The molecule has 0 bridgehead atoms. The Morgan fingerprint density at radius 1 is 0.828 bits per heavy atom. The summed E-state index contributed by atoms with van der Waals surface area (Å²) in [6.45, 7) is -0.00229. The number of nitrogens with one attached hydrogen (secondary N) is 1. The maximum atomic E-state index is 12.5. The number of nitrogens with zero attached hydrogens (tertiary/aromatic N) is 3. The molecule has 29 heavy (non-hydrogen) atoms. The Bertz CT molecular complexity index is 1230. The predicted octanol–water partition coefficient (Wildman–Crippen LogP) is 3.88. The van der Waals surface area contributed by atoms with Crippen molar-refractivity contribution in [2.24, 2.45) is 0 Å². The van der Waals surface area contributed by atoms with Crippen molar-refractivity contribution >= 4 is 32.4 Å². The van der Waals surface area contributed by atoms with E-state index in [1.54, 1.807) is 30.3 Å². The highest BCUT2D eigenvalue weighted by Gasteiger charge is 2.16. The van der Waals surface area contributed by atoms with E-state index < -0.39 is 10.0 Å². The molecule has 4 rings (SSSR count). The second-order valence-corrected chi connectivity index (χ2v) is 8.28. The Labute approximate surface area is 169 Å². The van der Waals surface area contributed by atoms with Crippen LogP contribution in [0.25, 0.3) is 10.9 Å². The molecule has 7 heteroatoms. The second kappa shape index (κ2) is 7.98. The van der Waals surface area contributed by atoms with Gasteiger partial charge in [-0.25, -0.2) is 23.1 Å². The first-order chi connectivity index (χ1) is 14.0. The average Bonchev–Trinajstić information content (AvgIpc) is 2.78. The molecule has 0 aliphatic carbocycles. The first-order valence-corrected chi connectivity index (χ1v) is 10.6. The molecule has 6 nitrogen and oxygen atoms in total. The smallest absolute Gasteiger partial charge is 0.240 e. The van der Waals surface area contributed by atoms with E-state index in [4.69, 9.17) is 0 Å². The number of rotatable bonds is 6. The van der Waals surface area contributed by atoms with Crippen LogP contribution in [0.5, 0.6) is 0 Å². The highest BCUT2D eigenvalue weighted by Crippen LogP contribution is 2.28. The zero-order valence-electron chi connectivity index (χ0n) is 15.9. The van der Waals surface area contributed by atoms with Crippen LogP contribution in [0, 0.1) is 0 Å². The molecule has 0 spiro atoms. The summed E-state index contributed by atoms with van der Waals surface area (Å²) < 4.78 is 27.7. The van der Waals surface area contributed by atoms with Crippen molar-refractivity contribution in [1.29, 1.82) is 0 Å². The lowest BCUT2D eigenvalue weighted by atomic mass is 10.2. The molecule has 1 aromatic heterocycles. The van der Waals surface area contributed by atoms with Crippen LogP contribution in [0.2, 0.25) is 0 Å². The van der Waals surface area contributed by atoms with E-state index in [9.17, 15) is 8.42 Å². The fraction of sp³-hybridized carbons (Fsp3) is 0.0909. The molecule has 3 aromatic carbocycles. The fourth-order valence-electron chi connectivity index (χ4n) is 3.06. The van der Waals surface area contributed by atoms with Crippen LogP contribution >= 0.6 is 0 Å². The predicted molar refractivity (Wildman–Crippen MR) is 115 cm³/mol. The average molecular weight is 404 g/mol. The van der Waals surface area contributed by atoms with Gasteiger partial charge in [0, 0.05) is 18.1 Å². The first kappa shape index (κ1) is 19.0. The van der Waals surface area contributed by atoms with Crippen molar-refractivity contribution in [2.75, 3.05) is 11.9 Å². The van der Waals surface area contributed by atoms with Crippen LogP contribution in [-0.4, -0.2) is 25.4 Å². The lowest BCUT2D eigenvalue weighted by Gasteiger charge is -2.20. The van der Waals surface area contributed by atoms with Gasteiger partial charge in [0.25, 0.3) is 0 Å². The zero-order valence-corrected chi connectivity index (χ0v) is 16.7. The number of aromatic nitrogens is 2. The number of para-hydroxylation sites is 2. The number of sulfonamides is 1. The van der Waals surface area contributed by atoms with Crippen LogP contribution in [0.3, 0.4) is 0 Å². The summed E-state index contributed by atoms with van der Waals surface area (Å²) >= 11 is 0. The van der Waals surface area contributed by atoms with E-state index in [1.807, 2.05) is 66.5 Å². The maximum Gasteiger partial charge on any atom is 0.240 e. The first-order valence-electron chi connectivity index (χ1n) is 9.14. The topological polar surface area (TPSA) is 75.2 Å². The van der Waals surface area contributed by atoms with E-state index in [2.05, 4.69) is 14.7 Å². The van der Waals surface area contributed by atoms with E-state index in [1.165, 1.54) is 0 Å². The molecule has 0 fully saturated rings. The molecule has 0 aliphatic rings. The van der Waals surface area contributed by atoms with Crippen LogP contribution in [0.1, 0.15) is 5.82 Å². The summed E-state index contributed by atoms with van der Waals surface area (Å²) in [6.07, 6.45) is 0. The summed E-state index contributed by atoms with van der Waals surface area (Å²) in [4.78, 5) is 11.4. The standard InChI is InChI=1S/C22H20N4O2S/c1-26(17-10-4-2-5-11-17)22-19-14-8-9-15-20(19)24-21(25-22)16-23-29(27,28)18-12-6-3-7-13-18/h2-15,23H,16H2,1H3. The molecule has 1 N–H and O–H groups in total. The summed E-state index contributed by atoms with van der Waals surface area (Å²) in [5.41, 5.74) is 1.74. The summed E-state index contributed by atoms with van der Waals surface area (Å²) in [5.74, 6) is 1.12. The molecule has 0 atom stereocenters. The lowest BCUT2D eigenvalue weighted by molar-refractivity contribution is 0.579. The third kappa shape index (κ3) is 4.11. The number of benzene rings is 3. The monoisotopic (exact) mass is 404 g/mol. The van der Waals surface area contributed by atoms with Gasteiger partial charge in [-0.3, -0.25) is 0 Å². The number of fused-ring (bicyclic) bond motifs is 1. The van der Waals surface area contributed by atoms with Crippen molar-refractivity contribution in [3.63, 3.8) is 0 Å². The van der Waals surface area contributed by atoms with Crippen LogP contribution in [-0.2, 0) is 16.6 Å². The Morgan fingerprint density at radius 3 is 2.17 bits per heavy atom. The van der Waals surface area contributed by atoms with Gasteiger partial charge in [-0.05, 0) is 36.4 Å². The molecule has 0 aliphatic heterocycles. The molecule has 4 aromatic rings. The van der Waals surface area contributed by atoms with Gasteiger partial charge in [-0.1, -0.05) is 48.5 Å². The Kier molecular flexibility index (Phi) is 5.24. The molecule has 0 unspecified atom stereocenters. The molecule has 0 amide bonds. The van der Waals surface area contributed by atoms with Gasteiger partial charge in [0.05, 0.1) is 17.0 Å². The molecule has 0 radical (unpaired) electrons. The van der Waals surface area contributed by atoms with E-state index in [-0.39, 0.29) is 11.4 Å². The third-order valence-corrected chi connectivity index (χ3v) is 5.98. The van der Waals surface area contributed by atoms with E-state index in [0.29, 0.717) is 5.82 Å². The van der Waals surface area contributed by atoms with Gasteiger partial charge in [0.1, 0.15) is 11.6 Å². The quantitative estimate of drug-likeness (QED) is 0.528. The Morgan fingerprint density at radius 2 is 1.45 bits per heavy atom. The molecule has 1 heterocycles. The molecular formula is C22H20N4O2S. The minimum Gasteiger partial charge on any atom is -0.329 e. The number of hydrogen-bond acceptors (Lipinski definition) is 5. The van der Waals surface area contributed by atoms with Crippen molar-refractivity contribution in [2.45, 2.75) is 11.4 Å². The third-order valence-electron chi connectivity index (χ3n) is 4.56. The minimum absolute atomic E-state index is 0.00229. The van der Waals surface area contributed by atoms with E-state index in [0.717, 1.165) is 22.4 Å². The van der Waals surface area contributed by atoms with Crippen LogP contribution < -0.4 is 9.62 Å². The molecular weight excluding hydrogens is 384 g/mol. The Balaban J connectivity index is 1.69. The van der Waals surface area contributed by atoms with Gasteiger partial charge in [-0.2, -0.15) is 0 Å². The SMILES string of the molecule is CN(c1ccccc1)c1nc(CNS(=O)(=O)c2ccccc2)nc2ccccc12. The fourth-order valence-corrected chi connectivity index (χ4v) is 4.06. The summed E-state index contributed by atoms with van der Waals surface area (Å²) in [7, 11) is -1.71. The normalized spacial score (nSPS) is 11.5. The van der Waals surface area contributed by atoms with Crippen molar-refractivity contribution < 1.29 is 8.42 Å². The molecule has 0 saturated carbocycles. The largest absolute Gasteiger partial charge is 0.329 e. The Hall–Kier alpha value is -3.29. The van der Waals surface area contributed by atoms with Gasteiger partial charge < -0.3 is 4.90 Å². The van der Waals surface area contributed by atoms with Gasteiger partial charge in [0.15, 0.2) is 0 Å². The summed E-state index contributed by atoms with van der Waals surface area (Å²) in [5, 5.41) is 0.897. The van der Waals surface area contributed by atoms with Crippen LogP contribution in [0.4, 0.5) is 11.5 Å². The molecule has 0 saturated heterocycles. The summed E-state index contributed by atoms with van der Waals surface area (Å²) in [6, 6.07) is 25.8. The number of anilines is 2. The minimum atomic E-state index is -3.64. The highest BCUT2D eigenvalue weighted by molar-refractivity contribution is 7.89. The van der Waals surface area contributed by atoms with Gasteiger partial charge in [0.2, 0.25) is 10.0 Å². The van der Waals surface area contributed by atoms with Crippen molar-refractivity contribution in [3.8, 4) is 0 Å². The second-order valence-electron chi connectivity index (χ2n) is 6.51. The number of hydrogen-bond donors (Lipinski definition) is 1. The van der Waals surface area contributed by atoms with Crippen molar-refractivity contribution in [3.05, 3.63) is 90.8 Å². The van der Waals surface area contributed by atoms with Crippen LogP contribution in [0.15, 0.2) is 89.8 Å². The van der Waals surface area contributed by atoms with Crippen molar-refractivity contribution in [1.82, 2.24) is 14.7 Å². The van der Waals surface area contributed by atoms with Gasteiger partial charge in [-0.15, -0.1) is 0 Å². The molecule has 146 valence electrons. The zero-order chi connectivity index (χ0) is 20.3. The maximum absolute atomic E-state index is 12.5. The lowest BCUT2D eigenvalue weighted by Crippen LogP contribution is -2.25. The van der Waals surface area contributed by atoms with E-state index >= 15 is 0 Å².